The molecular weight excluding hydrogens is 344 g/mol. The molecule has 3 aromatic rings. The van der Waals surface area contributed by atoms with Crippen molar-refractivity contribution in [3.8, 4) is 11.1 Å². The fraction of sp³-hybridized carbons (Fsp3) is 0.222. The van der Waals surface area contributed by atoms with Crippen molar-refractivity contribution in [2.45, 2.75) is 0 Å². The Morgan fingerprint density at radius 1 is 1.19 bits per heavy atom. The summed E-state index contributed by atoms with van der Waals surface area (Å²) in [5.41, 5.74) is 8.72. The number of anilines is 1. The Morgan fingerprint density at radius 2 is 2.00 bits per heavy atom. The van der Waals surface area contributed by atoms with Crippen molar-refractivity contribution in [3.63, 3.8) is 0 Å². The Labute approximate surface area is 157 Å². The Kier molecular flexibility index (Phi) is 5.32. The zero-order valence-corrected chi connectivity index (χ0v) is 15.5. The van der Waals surface area contributed by atoms with Crippen molar-refractivity contribution in [3.05, 3.63) is 49.2 Å². The number of likely N-dealkylation sites (N-methyl/N-ethyl adjacent to an activating group) is 1. The standard InChI is InChI=1S/C18H22N8O/c1-12(23-24-18(27)11-25(2)3)21-17-6-5-15-16(22-17)7-13(8-19-15)14-9-20-26(4)10-14/h5-10,23H,1,11H2,2-4H3,(H,21,22)(H,24,27). The van der Waals surface area contributed by atoms with Crippen LogP contribution < -0.4 is 16.2 Å². The number of amides is 1. The molecule has 0 saturated heterocycles. The van der Waals surface area contributed by atoms with Crippen LogP contribution in [0.4, 0.5) is 5.82 Å². The lowest BCUT2D eigenvalue weighted by atomic mass is 10.1. The molecule has 3 heterocycles. The third kappa shape index (κ3) is 4.79. The summed E-state index contributed by atoms with van der Waals surface area (Å²) in [6.07, 6.45) is 5.51. The molecule has 0 spiro atoms. The van der Waals surface area contributed by atoms with E-state index in [1.807, 2.05) is 39.5 Å². The number of hydrogen-bond acceptors (Lipinski definition) is 7. The van der Waals surface area contributed by atoms with E-state index >= 15 is 0 Å². The van der Waals surface area contributed by atoms with Gasteiger partial charge in [-0.1, -0.05) is 6.58 Å². The molecule has 9 heteroatoms. The number of fused-ring (bicyclic) bond motifs is 1. The van der Waals surface area contributed by atoms with Gasteiger partial charge in [-0.3, -0.25) is 25.3 Å². The Bertz CT molecular complexity index is 978. The van der Waals surface area contributed by atoms with E-state index in [0.29, 0.717) is 11.6 Å². The largest absolute Gasteiger partial charge is 0.326 e. The average Bonchev–Trinajstić information content (AvgIpc) is 3.05. The maximum absolute atomic E-state index is 11.6. The minimum absolute atomic E-state index is 0.167. The molecular formula is C18H22N8O. The van der Waals surface area contributed by atoms with Gasteiger partial charge in [0, 0.05) is 30.6 Å². The first-order chi connectivity index (χ1) is 12.9. The Morgan fingerprint density at radius 3 is 2.70 bits per heavy atom. The number of aryl methyl sites for hydroxylation is 1. The van der Waals surface area contributed by atoms with Crippen LogP contribution in [0.25, 0.3) is 22.2 Å². The van der Waals surface area contributed by atoms with E-state index in [-0.39, 0.29) is 12.5 Å². The fourth-order valence-corrected chi connectivity index (χ4v) is 2.46. The number of pyridine rings is 2. The molecule has 0 bridgehead atoms. The molecule has 9 nitrogen and oxygen atoms in total. The topological polar surface area (TPSA) is 100 Å². The highest BCUT2D eigenvalue weighted by Crippen LogP contribution is 2.22. The van der Waals surface area contributed by atoms with E-state index in [1.54, 1.807) is 28.0 Å². The van der Waals surface area contributed by atoms with Gasteiger partial charge < -0.3 is 10.2 Å². The van der Waals surface area contributed by atoms with Crippen molar-refractivity contribution in [2.75, 3.05) is 26.0 Å². The molecule has 140 valence electrons. The lowest BCUT2D eigenvalue weighted by molar-refractivity contribution is -0.122. The van der Waals surface area contributed by atoms with E-state index in [4.69, 9.17) is 0 Å². The van der Waals surface area contributed by atoms with E-state index in [2.05, 4.69) is 37.8 Å². The highest BCUT2D eigenvalue weighted by atomic mass is 16.2. The van der Waals surface area contributed by atoms with Crippen LogP contribution >= 0.6 is 0 Å². The van der Waals surface area contributed by atoms with Crippen LogP contribution in [0.15, 0.2) is 49.2 Å². The summed E-state index contributed by atoms with van der Waals surface area (Å²) in [7, 11) is 5.51. The van der Waals surface area contributed by atoms with E-state index in [0.717, 1.165) is 22.2 Å². The number of hydrogen-bond donors (Lipinski definition) is 3. The average molecular weight is 366 g/mol. The smallest absolute Gasteiger partial charge is 0.252 e. The van der Waals surface area contributed by atoms with Crippen LogP contribution in [0.3, 0.4) is 0 Å². The monoisotopic (exact) mass is 366 g/mol. The van der Waals surface area contributed by atoms with Gasteiger partial charge in [-0.15, -0.1) is 0 Å². The summed E-state index contributed by atoms with van der Waals surface area (Å²) >= 11 is 0. The number of nitrogens with zero attached hydrogens (tertiary/aromatic N) is 5. The summed E-state index contributed by atoms with van der Waals surface area (Å²) in [6, 6.07) is 5.63. The maximum Gasteiger partial charge on any atom is 0.252 e. The lowest BCUT2D eigenvalue weighted by Gasteiger charge is -2.14. The van der Waals surface area contributed by atoms with Gasteiger partial charge in [0.25, 0.3) is 5.91 Å². The van der Waals surface area contributed by atoms with Crippen molar-refractivity contribution >= 4 is 22.8 Å². The molecule has 0 aliphatic heterocycles. The molecule has 0 aliphatic carbocycles. The van der Waals surface area contributed by atoms with Crippen LogP contribution in [-0.4, -0.2) is 51.2 Å². The summed E-state index contributed by atoms with van der Waals surface area (Å²) < 4.78 is 1.74. The van der Waals surface area contributed by atoms with E-state index in [1.165, 1.54) is 0 Å². The van der Waals surface area contributed by atoms with Gasteiger partial charge in [-0.2, -0.15) is 5.10 Å². The molecule has 27 heavy (non-hydrogen) atoms. The van der Waals surface area contributed by atoms with Crippen LogP contribution in [0.5, 0.6) is 0 Å². The molecule has 0 radical (unpaired) electrons. The van der Waals surface area contributed by atoms with Gasteiger partial charge in [0.2, 0.25) is 0 Å². The molecule has 0 aromatic carbocycles. The maximum atomic E-state index is 11.6. The minimum Gasteiger partial charge on any atom is -0.326 e. The predicted molar refractivity (Wildman–Crippen MR) is 104 cm³/mol. The number of hydrazine groups is 1. The molecule has 1 amide bonds. The van der Waals surface area contributed by atoms with Crippen LogP contribution in [0, 0.1) is 0 Å². The van der Waals surface area contributed by atoms with Crippen LogP contribution in [0.1, 0.15) is 0 Å². The number of carbonyl (C=O) groups is 1. The van der Waals surface area contributed by atoms with Gasteiger partial charge in [-0.05, 0) is 32.3 Å². The first-order valence-corrected chi connectivity index (χ1v) is 8.32. The molecule has 0 unspecified atom stereocenters. The highest BCUT2D eigenvalue weighted by molar-refractivity contribution is 5.81. The van der Waals surface area contributed by atoms with Crippen molar-refractivity contribution in [1.82, 2.24) is 35.5 Å². The van der Waals surface area contributed by atoms with Gasteiger partial charge in [0.1, 0.15) is 11.6 Å². The normalized spacial score (nSPS) is 10.8. The first kappa shape index (κ1) is 18.3. The minimum atomic E-state index is -0.167. The van der Waals surface area contributed by atoms with E-state index in [9.17, 15) is 4.79 Å². The fourth-order valence-electron chi connectivity index (χ4n) is 2.46. The van der Waals surface area contributed by atoms with Crippen molar-refractivity contribution in [1.29, 1.82) is 0 Å². The number of rotatable bonds is 7. The van der Waals surface area contributed by atoms with E-state index < -0.39 is 0 Å². The van der Waals surface area contributed by atoms with Crippen molar-refractivity contribution in [2.24, 2.45) is 7.05 Å². The summed E-state index contributed by atoms with van der Waals surface area (Å²) in [5.74, 6) is 0.831. The van der Waals surface area contributed by atoms with Gasteiger partial charge in [0.05, 0.1) is 23.8 Å². The number of nitrogens with one attached hydrogen (secondary N) is 3. The summed E-state index contributed by atoms with van der Waals surface area (Å²) in [4.78, 5) is 22.4. The lowest BCUT2D eigenvalue weighted by Crippen LogP contribution is -2.42. The van der Waals surface area contributed by atoms with Gasteiger partial charge >= 0.3 is 0 Å². The zero-order valence-electron chi connectivity index (χ0n) is 15.5. The SMILES string of the molecule is C=C(NNC(=O)CN(C)C)Nc1ccc2ncc(-c3cnn(C)c3)cc2n1. The molecule has 0 atom stereocenters. The number of carbonyl (C=O) groups excluding carboxylic acids is 1. The second-order valence-corrected chi connectivity index (χ2v) is 6.38. The Hall–Kier alpha value is -3.46. The summed E-state index contributed by atoms with van der Waals surface area (Å²) in [6.45, 7) is 4.11. The van der Waals surface area contributed by atoms with Gasteiger partial charge in [-0.25, -0.2) is 4.98 Å². The molecule has 0 aliphatic rings. The Balaban J connectivity index is 1.70. The van der Waals surface area contributed by atoms with Crippen molar-refractivity contribution < 1.29 is 4.79 Å². The first-order valence-electron chi connectivity index (χ1n) is 8.32. The quantitative estimate of drug-likeness (QED) is 0.538. The molecule has 0 fully saturated rings. The molecule has 3 aromatic heterocycles. The zero-order chi connectivity index (χ0) is 19.4. The second kappa shape index (κ2) is 7.83. The number of aromatic nitrogens is 4. The summed E-state index contributed by atoms with van der Waals surface area (Å²) in [5, 5.41) is 7.20. The third-order valence-corrected chi connectivity index (χ3v) is 3.67. The van der Waals surface area contributed by atoms with Crippen LogP contribution in [0.2, 0.25) is 0 Å². The van der Waals surface area contributed by atoms with Gasteiger partial charge in [0.15, 0.2) is 0 Å². The third-order valence-electron chi connectivity index (χ3n) is 3.67. The predicted octanol–water partition coefficient (Wildman–Crippen LogP) is 1.10. The molecule has 3 rings (SSSR count). The second-order valence-electron chi connectivity index (χ2n) is 6.38. The van der Waals surface area contributed by atoms with Crippen LogP contribution in [-0.2, 0) is 11.8 Å². The highest BCUT2D eigenvalue weighted by Gasteiger charge is 2.06. The molecule has 0 saturated carbocycles. The molecule has 3 N–H and O–H groups in total.